The minimum absolute atomic E-state index is 0.241. The molecule has 0 unspecified atom stereocenters. The molecule has 0 radical (unpaired) electrons. The van der Waals surface area contributed by atoms with Gasteiger partial charge in [0.2, 0.25) is 5.95 Å². The van der Waals surface area contributed by atoms with Crippen LogP contribution < -0.4 is 16.8 Å². The predicted octanol–water partition coefficient (Wildman–Crippen LogP) is 2.74. The van der Waals surface area contributed by atoms with Crippen LogP contribution in [0.15, 0.2) is 59.7 Å². The molecule has 6 nitrogen and oxygen atoms in total. The lowest BCUT2D eigenvalue weighted by atomic mass is 9.99. The van der Waals surface area contributed by atoms with Crippen molar-refractivity contribution in [3.8, 4) is 0 Å². The van der Waals surface area contributed by atoms with Crippen molar-refractivity contribution in [3.05, 3.63) is 71.4 Å². The van der Waals surface area contributed by atoms with Crippen LogP contribution >= 0.6 is 0 Å². The average molecular weight is 316 g/mol. The quantitative estimate of drug-likeness (QED) is 0.645. The van der Waals surface area contributed by atoms with Crippen molar-refractivity contribution in [1.82, 2.24) is 9.97 Å². The number of aliphatic imine (C=N–C) groups is 1. The van der Waals surface area contributed by atoms with Gasteiger partial charge in [-0.1, -0.05) is 18.2 Å². The van der Waals surface area contributed by atoms with Crippen LogP contribution in [0, 0.1) is 0 Å². The Morgan fingerprint density at radius 3 is 2.58 bits per heavy atom. The Morgan fingerprint density at radius 2 is 1.79 bits per heavy atom. The summed E-state index contributed by atoms with van der Waals surface area (Å²) in [5.41, 5.74) is 17.4. The monoisotopic (exact) mass is 316 g/mol. The fourth-order valence-corrected chi connectivity index (χ4v) is 2.74. The number of nitrogens with two attached hydrogens (primary N) is 2. The highest BCUT2D eigenvalue weighted by molar-refractivity contribution is 6.15. The zero-order valence-electron chi connectivity index (χ0n) is 12.9. The third kappa shape index (κ3) is 2.65. The molecule has 0 aliphatic carbocycles. The number of benzene rings is 2. The number of nitrogens with one attached hydrogen (secondary N) is 1. The van der Waals surface area contributed by atoms with Gasteiger partial charge < -0.3 is 16.8 Å². The Labute approximate surface area is 139 Å². The van der Waals surface area contributed by atoms with E-state index in [0.29, 0.717) is 12.4 Å². The van der Waals surface area contributed by atoms with Crippen LogP contribution in [0.5, 0.6) is 0 Å². The summed E-state index contributed by atoms with van der Waals surface area (Å²) < 4.78 is 0. The van der Waals surface area contributed by atoms with E-state index in [2.05, 4.69) is 32.4 Å². The fraction of sp³-hybridized carbons (Fsp3) is 0.0556. The molecule has 0 saturated heterocycles. The van der Waals surface area contributed by atoms with E-state index in [9.17, 15) is 0 Å². The second kappa shape index (κ2) is 5.66. The summed E-state index contributed by atoms with van der Waals surface area (Å²) in [5, 5.41) is 3.25. The number of nitrogen functional groups attached to an aromatic ring is 2. The van der Waals surface area contributed by atoms with Crippen LogP contribution in [-0.4, -0.2) is 15.7 Å². The van der Waals surface area contributed by atoms with E-state index in [1.165, 1.54) is 5.56 Å². The number of fused-ring (bicyclic) bond motifs is 1. The van der Waals surface area contributed by atoms with Gasteiger partial charge in [-0.2, -0.15) is 4.98 Å². The molecule has 0 fully saturated rings. The fourth-order valence-electron chi connectivity index (χ4n) is 2.74. The molecule has 4 rings (SSSR count). The van der Waals surface area contributed by atoms with Crippen molar-refractivity contribution in [1.29, 1.82) is 0 Å². The van der Waals surface area contributed by atoms with Crippen LogP contribution in [0.2, 0.25) is 0 Å². The summed E-state index contributed by atoms with van der Waals surface area (Å²) >= 11 is 0. The molecule has 1 aliphatic rings. The van der Waals surface area contributed by atoms with E-state index < -0.39 is 0 Å². The van der Waals surface area contributed by atoms with Gasteiger partial charge in [-0.05, 0) is 35.9 Å². The van der Waals surface area contributed by atoms with Crippen LogP contribution in [0.1, 0.15) is 16.7 Å². The Hall–Kier alpha value is -3.41. The van der Waals surface area contributed by atoms with Gasteiger partial charge in [-0.15, -0.1) is 0 Å². The normalized spacial score (nSPS) is 12.6. The third-order valence-electron chi connectivity index (χ3n) is 3.90. The molecule has 2 aromatic carbocycles. The second-order valence-electron chi connectivity index (χ2n) is 5.58. The molecule has 6 heteroatoms. The van der Waals surface area contributed by atoms with Crippen molar-refractivity contribution >= 4 is 28.9 Å². The Kier molecular flexibility index (Phi) is 3.35. The first-order valence-electron chi connectivity index (χ1n) is 7.58. The minimum atomic E-state index is 0.241. The molecular weight excluding hydrogens is 300 g/mol. The SMILES string of the molecule is Nc1ccc(C2=NCc3ccc(Nc4ccnc(N)n4)cc32)cc1. The lowest BCUT2D eigenvalue weighted by Gasteiger charge is -2.09. The van der Waals surface area contributed by atoms with Gasteiger partial charge in [0.1, 0.15) is 5.82 Å². The Bertz CT molecular complexity index is 930. The number of nitrogens with zero attached hydrogens (tertiary/aromatic N) is 3. The lowest BCUT2D eigenvalue weighted by Crippen LogP contribution is -2.03. The zero-order valence-corrected chi connectivity index (χ0v) is 12.9. The summed E-state index contributed by atoms with van der Waals surface area (Å²) in [6.07, 6.45) is 1.62. The second-order valence-corrected chi connectivity index (χ2v) is 5.58. The van der Waals surface area contributed by atoms with Gasteiger partial charge >= 0.3 is 0 Å². The molecular formula is C18H16N6. The number of rotatable bonds is 3. The average Bonchev–Trinajstić information content (AvgIpc) is 2.99. The first kappa shape index (κ1) is 14.2. The molecule has 118 valence electrons. The maximum Gasteiger partial charge on any atom is 0.221 e. The number of hydrogen-bond donors (Lipinski definition) is 3. The molecule has 3 aromatic rings. The largest absolute Gasteiger partial charge is 0.399 e. The predicted molar refractivity (Wildman–Crippen MR) is 96.4 cm³/mol. The molecule has 5 N–H and O–H groups in total. The van der Waals surface area contributed by atoms with Crippen molar-refractivity contribution in [2.45, 2.75) is 6.54 Å². The topological polar surface area (TPSA) is 102 Å². The third-order valence-corrected chi connectivity index (χ3v) is 3.90. The lowest BCUT2D eigenvalue weighted by molar-refractivity contribution is 1.11. The highest BCUT2D eigenvalue weighted by Crippen LogP contribution is 2.27. The molecule has 0 bridgehead atoms. The molecule has 2 heterocycles. The molecule has 0 atom stereocenters. The first-order chi connectivity index (χ1) is 11.7. The van der Waals surface area contributed by atoms with E-state index in [4.69, 9.17) is 11.5 Å². The molecule has 0 amide bonds. The van der Waals surface area contributed by atoms with E-state index in [-0.39, 0.29) is 5.95 Å². The maximum atomic E-state index is 5.77. The van der Waals surface area contributed by atoms with Crippen molar-refractivity contribution in [3.63, 3.8) is 0 Å². The molecule has 0 saturated carbocycles. The summed E-state index contributed by atoms with van der Waals surface area (Å²) in [6.45, 7) is 0.690. The van der Waals surface area contributed by atoms with Crippen molar-refractivity contribution in [2.24, 2.45) is 4.99 Å². The number of anilines is 4. The molecule has 1 aliphatic heterocycles. The molecule has 1 aromatic heterocycles. The van der Waals surface area contributed by atoms with Crippen molar-refractivity contribution in [2.75, 3.05) is 16.8 Å². The summed E-state index contributed by atoms with van der Waals surface area (Å²) in [4.78, 5) is 12.7. The van der Waals surface area contributed by atoms with E-state index in [0.717, 1.165) is 28.2 Å². The van der Waals surface area contributed by atoms with E-state index in [1.807, 2.05) is 30.3 Å². The van der Waals surface area contributed by atoms with Crippen LogP contribution in [-0.2, 0) is 6.54 Å². The zero-order chi connectivity index (χ0) is 16.5. The Balaban J connectivity index is 1.66. The van der Waals surface area contributed by atoms with Gasteiger partial charge in [0, 0.05) is 28.7 Å². The van der Waals surface area contributed by atoms with Gasteiger partial charge in [-0.25, -0.2) is 4.98 Å². The maximum absolute atomic E-state index is 5.77. The smallest absolute Gasteiger partial charge is 0.221 e. The number of aromatic nitrogens is 2. The van der Waals surface area contributed by atoms with Crippen LogP contribution in [0.4, 0.5) is 23.1 Å². The Morgan fingerprint density at radius 1 is 0.958 bits per heavy atom. The van der Waals surface area contributed by atoms with Crippen LogP contribution in [0.25, 0.3) is 0 Å². The van der Waals surface area contributed by atoms with Gasteiger partial charge in [0.25, 0.3) is 0 Å². The minimum Gasteiger partial charge on any atom is -0.399 e. The standard InChI is InChI=1S/C18H16N6/c19-13-4-1-11(2-5-13)17-15-9-14(6-3-12(15)10-22-17)23-16-7-8-21-18(20)24-16/h1-9H,10,19H2,(H3,20,21,23,24). The molecule has 24 heavy (non-hydrogen) atoms. The van der Waals surface area contributed by atoms with Crippen LogP contribution in [0.3, 0.4) is 0 Å². The molecule has 0 spiro atoms. The first-order valence-corrected chi connectivity index (χ1v) is 7.58. The summed E-state index contributed by atoms with van der Waals surface area (Å²) in [7, 11) is 0. The van der Waals surface area contributed by atoms with Crippen molar-refractivity contribution < 1.29 is 0 Å². The van der Waals surface area contributed by atoms with E-state index in [1.54, 1.807) is 12.3 Å². The summed E-state index contributed by atoms with van der Waals surface area (Å²) in [6, 6.07) is 15.7. The number of hydrogen-bond acceptors (Lipinski definition) is 6. The van der Waals surface area contributed by atoms with Gasteiger partial charge in [0.05, 0.1) is 12.3 Å². The van der Waals surface area contributed by atoms with Gasteiger partial charge in [0.15, 0.2) is 0 Å². The summed E-state index contributed by atoms with van der Waals surface area (Å²) in [5.74, 6) is 0.900. The highest BCUT2D eigenvalue weighted by Gasteiger charge is 2.18. The van der Waals surface area contributed by atoms with E-state index >= 15 is 0 Å². The van der Waals surface area contributed by atoms with Gasteiger partial charge in [-0.3, -0.25) is 4.99 Å². The highest BCUT2D eigenvalue weighted by atomic mass is 15.1.